The van der Waals surface area contributed by atoms with Crippen molar-refractivity contribution in [1.82, 2.24) is 0 Å². The Kier molecular flexibility index (Phi) is 5.71. The van der Waals surface area contributed by atoms with E-state index in [9.17, 15) is 14.3 Å². The molecule has 0 unspecified atom stereocenters. The quantitative estimate of drug-likeness (QED) is 0.396. The number of benzene rings is 4. The lowest BCUT2D eigenvalue weighted by atomic mass is 9.94. The van der Waals surface area contributed by atoms with Crippen LogP contribution in [0, 0.1) is 5.82 Å². The molecule has 148 valence electrons. The summed E-state index contributed by atoms with van der Waals surface area (Å²) in [6, 6.07) is 30.1. The highest BCUT2D eigenvalue weighted by Gasteiger charge is 2.12. The lowest BCUT2D eigenvalue weighted by Gasteiger charge is -2.11. The van der Waals surface area contributed by atoms with Crippen LogP contribution in [0.4, 0.5) is 4.39 Å². The Morgan fingerprint density at radius 2 is 1.30 bits per heavy atom. The molecule has 0 spiro atoms. The number of halogens is 1. The molecule has 4 rings (SSSR count). The van der Waals surface area contributed by atoms with Gasteiger partial charge in [0.05, 0.1) is 5.56 Å². The SMILES string of the molecule is O=C(O)c1ccc(-c2ccc(F)cc2)cc1CCc1cccc(-c2ccccc2)c1. The van der Waals surface area contributed by atoms with Gasteiger partial charge in [0.1, 0.15) is 5.82 Å². The number of aryl methyl sites for hydroxylation is 2. The van der Waals surface area contributed by atoms with E-state index in [4.69, 9.17) is 0 Å². The third kappa shape index (κ3) is 4.47. The van der Waals surface area contributed by atoms with Crippen LogP contribution in [0.2, 0.25) is 0 Å². The highest BCUT2D eigenvalue weighted by atomic mass is 19.1. The second-order valence-corrected chi connectivity index (χ2v) is 7.25. The van der Waals surface area contributed by atoms with Crippen molar-refractivity contribution in [3.63, 3.8) is 0 Å². The van der Waals surface area contributed by atoms with Crippen molar-refractivity contribution in [3.8, 4) is 22.3 Å². The van der Waals surface area contributed by atoms with Gasteiger partial charge in [-0.15, -0.1) is 0 Å². The maximum atomic E-state index is 13.2. The summed E-state index contributed by atoms with van der Waals surface area (Å²) >= 11 is 0. The Balaban J connectivity index is 1.60. The van der Waals surface area contributed by atoms with Gasteiger partial charge in [0.25, 0.3) is 0 Å². The van der Waals surface area contributed by atoms with Crippen LogP contribution in [0.1, 0.15) is 21.5 Å². The number of carbonyl (C=O) groups is 1. The zero-order valence-electron chi connectivity index (χ0n) is 16.4. The smallest absolute Gasteiger partial charge is 0.335 e. The fourth-order valence-corrected chi connectivity index (χ4v) is 3.65. The molecule has 0 aromatic heterocycles. The van der Waals surface area contributed by atoms with Crippen LogP contribution in [0.25, 0.3) is 22.3 Å². The van der Waals surface area contributed by atoms with Gasteiger partial charge >= 0.3 is 5.97 Å². The van der Waals surface area contributed by atoms with Gasteiger partial charge in [0, 0.05) is 0 Å². The molecule has 0 aliphatic heterocycles. The summed E-state index contributed by atoms with van der Waals surface area (Å²) in [6.07, 6.45) is 1.34. The van der Waals surface area contributed by atoms with E-state index < -0.39 is 5.97 Å². The van der Waals surface area contributed by atoms with E-state index in [1.807, 2.05) is 30.3 Å². The number of aromatic carboxylic acids is 1. The molecule has 3 heteroatoms. The molecule has 0 amide bonds. The highest BCUT2D eigenvalue weighted by Crippen LogP contribution is 2.25. The van der Waals surface area contributed by atoms with Gasteiger partial charge in [-0.05, 0) is 64.4 Å². The number of rotatable bonds is 6. The van der Waals surface area contributed by atoms with Crippen molar-refractivity contribution in [2.75, 3.05) is 0 Å². The van der Waals surface area contributed by atoms with E-state index in [0.717, 1.165) is 39.8 Å². The van der Waals surface area contributed by atoms with E-state index >= 15 is 0 Å². The zero-order chi connectivity index (χ0) is 20.9. The van der Waals surface area contributed by atoms with Crippen LogP contribution in [0.3, 0.4) is 0 Å². The van der Waals surface area contributed by atoms with E-state index in [1.54, 1.807) is 24.3 Å². The maximum absolute atomic E-state index is 13.2. The van der Waals surface area contributed by atoms with Crippen molar-refractivity contribution in [2.24, 2.45) is 0 Å². The first-order valence-corrected chi connectivity index (χ1v) is 9.87. The fraction of sp³-hybridized carbons (Fsp3) is 0.0741. The molecule has 0 aliphatic rings. The lowest BCUT2D eigenvalue weighted by Crippen LogP contribution is -2.04. The number of hydrogen-bond donors (Lipinski definition) is 1. The second kappa shape index (κ2) is 8.75. The molecule has 1 N–H and O–H groups in total. The van der Waals surface area contributed by atoms with Gasteiger partial charge in [-0.25, -0.2) is 9.18 Å². The molecule has 2 nitrogen and oxygen atoms in total. The van der Waals surface area contributed by atoms with Crippen LogP contribution in [-0.4, -0.2) is 11.1 Å². The monoisotopic (exact) mass is 396 g/mol. The Bertz CT molecular complexity index is 1170. The van der Waals surface area contributed by atoms with Crippen LogP contribution >= 0.6 is 0 Å². The van der Waals surface area contributed by atoms with Crippen molar-refractivity contribution in [3.05, 3.63) is 120 Å². The molecular weight excluding hydrogens is 375 g/mol. The van der Waals surface area contributed by atoms with Gasteiger partial charge in [-0.3, -0.25) is 0 Å². The van der Waals surface area contributed by atoms with E-state index in [2.05, 4.69) is 30.3 Å². The van der Waals surface area contributed by atoms with Gasteiger partial charge in [-0.2, -0.15) is 0 Å². The maximum Gasteiger partial charge on any atom is 0.335 e. The molecule has 0 bridgehead atoms. The zero-order valence-corrected chi connectivity index (χ0v) is 16.4. The standard InChI is InChI=1S/C27H21FO2/c28-25-14-11-21(12-15-25)23-13-16-26(27(29)30)24(18-23)10-9-19-5-4-8-22(17-19)20-6-2-1-3-7-20/h1-8,11-18H,9-10H2,(H,29,30). The molecular formula is C27H21FO2. The third-order valence-electron chi connectivity index (χ3n) is 5.23. The summed E-state index contributed by atoms with van der Waals surface area (Å²) in [5.74, 6) is -1.23. The Morgan fingerprint density at radius 1 is 0.667 bits per heavy atom. The van der Waals surface area contributed by atoms with Crippen molar-refractivity contribution in [1.29, 1.82) is 0 Å². The summed E-state index contributed by atoms with van der Waals surface area (Å²) in [6.45, 7) is 0. The van der Waals surface area contributed by atoms with Crippen molar-refractivity contribution in [2.45, 2.75) is 12.8 Å². The minimum Gasteiger partial charge on any atom is -0.478 e. The predicted molar refractivity (Wildman–Crippen MR) is 118 cm³/mol. The van der Waals surface area contributed by atoms with Gasteiger partial charge in [0.2, 0.25) is 0 Å². The average molecular weight is 396 g/mol. The summed E-state index contributed by atoms with van der Waals surface area (Å²) in [5, 5.41) is 9.60. The van der Waals surface area contributed by atoms with E-state index in [-0.39, 0.29) is 5.82 Å². The molecule has 0 heterocycles. The van der Waals surface area contributed by atoms with Crippen LogP contribution < -0.4 is 0 Å². The van der Waals surface area contributed by atoms with Gasteiger partial charge in [0.15, 0.2) is 0 Å². The molecule has 0 radical (unpaired) electrons. The molecule has 0 aliphatic carbocycles. The number of carboxylic acids is 1. The van der Waals surface area contributed by atoms with E-state index in [0.29, 0.717) is 12.0 Å². The largest absolute Gasteiger partial charge is 0.478 e. The normalized spacial score (nSPS) is 10.7. The molecule has 0 saturated carbocycles. The minimum absolute atomic E-state index is 0.292. The Labute approximate surface area is 175 Å². The fourth-order valence-electron chi connectivity index (χ4n) is 3.65. The Morgan fingerprint density at radius 3 is 2.03 bits per heavy atom. The first kappa shape index (κ1) is 19.6. The van der Waals surface area contributed by atoms with Crippen LogP contribution in [0.5, 0.6) is 0 Å². The van der Waals surface area contributed by atoms with Crippen LogP contribution in [0.15, 0.2) is 97.1 Å². The average Bonchev–Trinajstić information content (AvgIpc) is 2.79. The summed E-state index contributed by atoms with van der Waals surface area (Å²) < 4.78 is 13.2. The van der Waals surface area contributed by atoms with Crippen molar-refractivity contribution >= 4 is 5.97 Å². The molecule has 4 aromatic carbocycles. The number of carboxylic acid groups (broad SMARTS) is 1. The molecule has 0 atom stereocenters. The third-order valence-corrected chi connectivity index (χ3v) is 5.23. The number of hydrogen-bond acceptors (Lipinski definition) is 1. The first-order chi connectivity index (χ1) is 14.6. The molecule has 4 aromatic rings. The lowest BCUT2D eigenvalue weighted by molar-refractivity contribution is 0.0695. The second-order valence-electron chi connectivity index (χ2n) is 7.25. The predicted octanol–water partition coefficient (Wildman–Crippen LogP) is 6.64. The van der Waals surface area contributed by atoms with Gasteiger partial charge in [-0.1, -0.05) is 78.9 Å². The summed E-state index contributed by atoms with van der Waals surface area (Å²) in [4.78, 5) is 11.7. The summed E-state index contributed by atoms with van der Waals surface area (Å²) in [7, 11) is 0. The first-order valence-electron chi connectivity index (χ1n) is 9.87. The molecule has 0 saturated heterocycles. The van der Waals surface area contributed by atoms with Gasteiger partial charge < -0.3 is 5.11 Å². The summed E-state index contributed by atoms with van der Waals surface area (Å²) in [5.41, 5.74) is 6.28. The Hall–Kier alpha value is -3.72. The highest BCUT2D eigenvalue weighted by molar-refractivity contribution is 5.90. The van der Waals surface area contributed by atoms with Crippen molar-refractivity contribution < 1.29 is 14.3 Å². The minimum atomic E-state index is -0.936. The topological polar surface area (TPSA) is 37.3 Å². The van der Waals surface area contributed by atoms with Crippen LogP contribution in [-0.2, 0) is 12.8 Å². The van der Waals surface area contributed by atoms with E-state index in [1.165, 1.54) is 12.1 Å². The molecule has 0 fully saturated rings. The molecule has 30 heavy (non-hydrogen) atoms.